The van der Waals surface area contributed by atoms with Gasteiger partial charge in [0.15, 0.2) is 0 Å². The molecular weight excluding hydrogens is 162 g/mol. The topological polar surface area (TPSA) is 21.3 Å². The predicted octanol–water partition coefficient (Wildman–Crippen LogP) is 1.66. The summed E-state index contributed by atoms with van der Waals surface area (Å²) in [6.45, 7) is 3.43. The van der Waals surface area contributed by atoms with E-state index in [0.29, 0.717) is 0 Å². The minimum absolute atomic E-state index is 0.845. The van der Waals surface area contributed by atoms with Gasteiger partial charge in [-0.05, 0) is 56.5 Å². The quantitative estimate of drug-likeness (QED) is 0.715. The summed E-state index contributed by atoms with van der Waals surface area (Å²) in [5.74, 6) is 2.73. The van der Waals surface area contributed by atoms with Gasteiger partial charge in [0, 0.05) is 13.7 Å². The molecule has 1 saturated carbocycles. The van der Waals surface area contributed by atoms with E-state index in [4.69, 9.17) is 4.74 Å². The van der Waals surface area contributed by atoms with Gasteiger partial charge in [0.25, 0.3) is 0 Å². The highest BCUT2D eigenvalue weighted by Gasteiger charge is 2.36. The molecule has 2 heteroatoms. The van der Waals surface area contributed by atoms with Crippen molar-refractivity contribution in [1.29, 1.82) is 0 Å². The van der Waals surface area contributed by atoms with Gasteiger partial charge in [-0.3, -0.25) is 0 Å². The van der Waals surface area contributed by atoms with Gasteiger partial charge in [0.05, 0.1) is 0 Å². The molecule has 2 unspecified atom stereocenters. The highest BCUT2D eigenvalue weighted by molar-refractivity contribution is 4.87. The molecular formula is C11H21NO. The maximum Gasteiger partial charge on any atom is 0.0496 e. The Balaban J connectivity index is 1.84. The summed E-state index contributed by atoms with van der Waals surface area (Å²) in [5, 5.41) is 3.50. The molecule has 1 aliphatic heterocycles. The zero-order valence-electron chi connectivity index (χ0n) is 8.59. The molecule has 0 amide bonds. The third-order valence-corrected chi connectivity index (χ3v) is 3.53. The average Bonchev–Trinajstić information content (AvgIpc) is 2.99. The fourth-order valence-electron chi connectivity index (χ4n) is 2.62. The number of hydrogen-bond donors (Lipinski definition) is 1. The highest BCUT2D eigenvalue weighted by Crippen LogP contribution is 2.42. The predicted molar refractivity (Wildman–Crippen MR) is 53.7 cm³/mol. The number of methoxy groups -OCH3 is 1. The summed E-state index contributed by atoms with van der Waals surface area (Å²) >= 11 is 0. The van der Waals surface area contributed by atoms with E-state index in [2.05, 4.69) is 5.32 Å². The Morgan fingerprint density at radius 3 is 2.69 bits per heavy atom. The fourth-order valence-corrected chi connectivity index (χ4v) is 2.62. The van der Waals surface area contributed by atoms with Crippen LogP contribution >= 0.6 is 0 Å². The minimum atomic E-state index is 0.845. The average molecular weight is 183 g/mol. The lowest BCUT2D eigenvalue weighted by Gasteiger charge is -2.30. The Morgan fingerprint density at radius 1 is 1.31 bits per heavy atom. The maximum absolute atomic E-state index is 5.33. The van der Waals surface area contributed by atoms with Crippen LogP contribution in [0.15, 0.2) is 0 Å². The monoisotopic (exact) mass is 183 g/mol. The summed E-state index contributed by atoms with van der Waals surface area (Å²) < 4.78 is 5.33. The molecule has 1 N–H and O–H groups in total. The lowest BCUT2D eigenvalue weighted by Crippen LogP contribution is -2.36. The first kappa shape index (κ1) is 9.47. The van der Waals surface area contributed by atoms with Gasteiger partial charge in [-0.15, -0.1) is 0 Å². The number of rotatable bonds is 4. The SMILES string of the molecule is COCC(C1CC1)C1CCCNC1. The Hall–Kier alpha value is -0.0800. The van der Waals surface area contributed by atoms with Crippen LogP contribution < -0.4 is 5.32 Å². The smallest absolute Gasteiger partial charge is 0.0496 e. The molecule has 13 heavy (non-hydrogen) atoms. The first-order valence-corrected chi connectivity index (χ1v) is 5.61. The normalized spacial score (nSPS) is 31.6. The van der Waals surface area contributed by atoms with Gasteiger partial charge in [-0.25, -0.2) is 0 Å². The Labute approximate surface area is 81.0 Å². The number of piperidine rings is 1. The molecule has 0 aromatic rings. The molecule has 2 aliphatic rings. The van der Waals surface area contributed by atoms with Crippen molar-refractivity contribution >= 4 is 0 Å². The van der Waals surface area contributed by atoms with E-state index in [9.17, 15) is 0 Å². The Kier molecular flexibility index (Phi) is 3.23. The van der Waals surface area contributed by atoms with E-state index >= 15 is 0 Å². The van der Waals surface area contributed by atoms with E-state index in [-0.39, 0.29) is 0 Å². The van der Waals surface area contributed by atoms with Crippen LogP contribution in [0.3, 0.4) is 0 Å². The summed E-state index contributed by atoms with van der Waals surface area (Å²) in [7, 11) is 1.84. The third kappa shape index (κ3) is 2.44. The lowest BCUT2D eigenvalue weighted by molar-refractivity contribution is 0.0960. The van der Waals surface area contributed by atoms with Crippen LogP contribution in [0.2, 0.25) is 0 Å². The van der Waals surface area contributed by atoms with Crippen molar-refractivity contribution in [3.63, 3.8) is 0 Å². The second kappa shape index (κ2) is 4.43. The van der Waals surface area contributed by atoms with Gasteiger partial charge < -0.3 is 10.1 Å². The fraction of sp³-hybridized carbons (Fsp3) is 1.00. The van der Waals surface area contributed by atoms with Gasteiger partial charge >= 0.3 is 0 Å². The minimum Gasteiger partial charge on any atom is -0.384 e. The first-order chi connectivity index (χ1) is 6.42. The molecule has 0 aromatic carbocycles. The van der Waals surface area contributed by atoms with Crippen LogP contribution in [0.5, 0.6) is 0 Å². The van der Waals surface area contributed by atoms with E-state index in [1.807, 2.05) is 7.11 Å². The molecule has 2 atom stereocenters. The molecule has 2 rings (SSSR count). The standard InChI is InChI=1S/C11H21NO/c1-13-8-11(9-4-5-9)10-3-2-6-12-7-10/h9-12H,2-8H2,1H3. The summed E-state index contributed by atoms with van der Waals surface area (Å²) in [6, 6.07) is 0. The Morgan fingerprint density at radius 2 is 2.15 bits per heavy atom. The maximum atomic E-state index is 5.33. The Bertz CT molecular complexity index is 150. The highest BCUT2D eigenvalue weighted by atomic mass is 16.5. The van der Waals surface area contributed by atoms with Crippen molar-refractivity contribution in [2.24, 2.45) is 17.8 Å². The number of nitrogens with one attached hydrogen (secondary N) is 1. The van der Waals surface area contributed by atoms with Gasteiger partial charge in [0.1, 0.15) is 0 Å². The van der Waals surface area contributed by atoms with Gasteiger partial charge in [-0.1, -0.05) is 0 Å². The van der Waals surface area contributed by atoms with Crippen molar-refractivity contribution in [1.82, 2.24) is 5.32 Å². The van der Waals surface area contributed by atoms with Crippen molar-refractivity contribution in [2.45, 2.75) is 25.7 Å². The third-order valence-electron chi connectivity index (χ3n) is 3.53. The van der Waals surface area contributed by atoms with E-state index < -0.39 is 0 Å². The first-order valence-electron chi connectivity index (χ1n) is 5.61. The van der Waals surface area contributed by atoms with Gasteiger partial charge in [0.2, 0.25) is 0 Å². The van der Waals surface area contributed by atoms with Crippen molar-refractivity contribution in [2.75, 3.05) is 26.8 Å². The molecule has 76 valence electrons. The lowest BCUT2D eigenvalue weighted by atomic mass is 9.83. The van der Waals surface area contributed by atoms with E-state index in [0.717, 1.165) is 24.4 Å². The zero-order chi connectivity index (χ0) is 9.10. The molecule has 2 fully saturated rings. The molecule has 1 aliphatic carbocycles. The zero-order valence-corrected chi connectivity index (χ0v) is 8.59. The van der Waals surface area contributed by atoms with Gasteiger partial charge in [-0.2, -0.15) is 0 Å². The summed E-state index contributed by atoms with van der Waals surface area (Å²) in [4.78, 5) is 0. The summed E-state index contributed by atoms with van der Waals surface area (Å²) in [5.41, 5.74) is 0. The molecule has 0 radical (unpaired) electrons. The van der Waals surface area contributed by atoms with E-state index in [1.54, 1.807) is 0 Å². The van der Waals surface area contributed by atoms with Crippen molar-refractivity contribution in [3.05, 3.63) is 0 Å². The molecule has 1 saturated heterocycles. The molecule has 2 nitrogen and oxygen atoms in total. The second-order valence-electron chi connectivity index (χ2n) is 4.56. The van der Waals surface area contributed by atoms with Crippen LogP contribution in [-0.2, 0) is 4.74 Å². The van der Waals surface area contributed by atoms with Crippen LogP contribution in [0.1, 0.15) is 25.7 Å². The van der Waals surface area contributed by atoms with Crippen LogP contribution in [0.25, 0.3) is 0 Å². The molecule has 0 aromatic heterocycles. The second-order valence-corrected chi connectivity index (χ2v) is 4.56. The number of ether oxygens (including phenoxy) is 1. The van der Waals surface area contributed by atoms with Crippen LogP contribution in [-0.4, -0.2) is 26.8 Å². The molecule has 0 spiro atoms. The molecule has 1 heterocycles. The van der Waals surface area contributed by atoms with Crippen molar-refractivity contribution in [3.8, 4) is 0 Å². The van der Waals surface area contributed by atoms with Crippen LogP contribution in [0, 0.1) is 17.8 Å². The number of hydrogen-bond acceptors (Lipinski definition) is 2. The van der Waals surface area contributed by atoms with Crippen molar-refractivity contribution < 1.29 is 4.74 Å². The van der Waals surface area contributed by atoms with E-state index in [1.165, 1.54) is 38.8 Å². The molecule has 0 bridgehead atoms. The van der Waals surface area contributed by atoms with Crippen LogP contribution in [0.4, 0.5) is 0 Å². The summed E-state index contributed by atoms with van der Waals surface area (Å²) in [6.07, 6.45) is 5.67. The largest absolute Gasteiger partial charge is 0.384 e.